The Morgan fingerprint density at radius 2 is 1.89 bits per heavy atom. The number of piperazine rings is 1. The lowest BCUT2D eigenvalue weighted by Gasteiger charge is -2.33. The summed E-state index contributed by atoms with van der Waals surface area (Å²) in [6.45, 7) is 3.61. The minimum absolute atomic E-state index is 0.261. The van der Waals surface area contributed by atoms with Gasteiger partial charge in [-0.05, 0) is 19.4 Å². The molecular weight excluding hydrogens is 256 g/mol. The minimum Gasteiger partial charge on any atom is -0.409 e. The standard InChI is InChI=1S/C10H22N4O3S/c1-18(16,17)14-8-6-13(7-9-14)5-3-2-4-10(11)12-15/h15H,2-9H2,1H3,(H2,11,12). The van der Waals surface area contributed by atoms with Gasteiger partial charge in [-0.3, -0.25) is 0 Å². The summed E-state index contributed by atoms with van der Waals surface area (Å²) in [7, 11) is -3.04. The van der Waals surface area contributed by atoms with Crippen LogP contribution in [0.5, 0.6) is 0 Å². The summed E-state index contributed by atoms with van der Waals surface area (Å²) >= 11 is 0. The highest BCUT2D eigenvalue weighted by Crippen LogP contribution is 2.07. The van der Waals surface area contributed by atoms with Gasteiger partial charge in [-0.2, -0.15) is 4.31 Å². The van der Waals surface area contributed by atoms with Gasteiger partial charge in [-0.25, -0.2) is 8.42 Å². The molecule has 7 nitrogen and oxygen atoms in total. The SMILES string of the molecule is CS(=O)(=O)N1CCN(CCCCC(N)=NO)CC1. The Hall–Kier alpha value is -0.860. The highest BCUT2D eigenvalue weighted by molar-refractivity contribution is 7.88. The summed E-state index contributed by atoms with van der Waals surface area (Å²) in [5, 5.41) is 11.3. The normalized spacial score (nSPS) is 20.2. The van der Waals surface area contributed by atoms with Crippen molar-refractivity contribution in [3.8, 4) is 0 Å². The summed E-state index contributed by atoms with van der Waals surface area (Å²) in [6.07, 6.45) is 3.69. The fraction of sp³-hybridized carbons (Fsp3) is 0.900. The minimum atomic E-state index is -3.04. The highest BCUT2D eigenvalue weighted by Gasteiger charge is 2.22. The number of rotatable bonds is 6. The van der Waals surface area contributed by atoms with Crippen molar-refractivity contribution in [1.29, 1.82) is 0 Å². The van der Waals surface area contributed by atoms with Crippen LogP contribution in [0.25, 0.3) is 0 Å². The van der Waals surface area contributed by atoms with Crippen LogP contribution in [0.2, 0.25) is 0 Å². The van der Waals surface area contributed by atoms with Crippen LogP contribution >= 0.6 is 0 Å². The van der Waals surface area contributed by atoms with Crippen molar-refractivity contribution < 1.29 is 13.6 Å². The predicted molar refractivity (Wildman–Crippen MR) is 70.1 cm³/mol. The first-order chi connectivity index (χ1) is 8.43. The molecule has 18 heavy (non-hydrogen) atoms. The summed E-state index contributed by atoms with van der Waals surface area (Å²) < 4.78 is 24.1. The molecule has 1 aliphatic heterocycles. The number of oxime groups is 1. The number of nitrogens with zero attached hydrogens (tertiary/aromatic N) is 3. The molecule has 0 spiro atoms. The molecule has 8 heteroatoms. The van der Waals surface area contributed by atoms with E-state index in [2.05, 4.69) is 10.1 Å². The quantitative estimate of drug-likeness (QED) is 0.224. The Morgan fingerprint density at radius 1 is 1.28 bits per heavy atom. The topological polar surface area (TPSA) is 99.2 Å². The molecule has 1 saturated heterocycles. The lowest BCUT2D eigenvalue weighted by Crippen LogP contribution is -2.48. The summed E-state index contributed by atoms with van der Waals surface area (Å²) in [4.78, 5) is 2.24. The molecule has 0 unspecified atom stereocenters. The average Bonchev–Trinajstić information content (AvgIpc) is 2.33. The fourth-order valence-electron chi connectivity index (χ4n) is 1.98. The van der Waals surface area contributed by atoms with Gasteiger partial charge in [0.1, 0.15) is 5.84 Å². The summed E-state index contributed by atoms with van der Waals surface area (Å²) in [5.41, 5.74) is 5.37. The van der Waals surface area contributed by atoms with Gasteiger partial charge in [0.15, 0.2) is 0 Å². The third kappa shape index (κ3) is 5.19. The molecule has 3 N–H and O–H groups in total. The summed E-state index contributed by atoms with van der Waals surface area (Å²) in [5.74, 6) is 0.261. The molecule has 0 aliphatic carbocycles. The van der Waals surface area contributed by atoms with Crippen LogP contribution in [0.15, 0.2) is 5.16 Å². The van der Waals surface area contributed by atoms with Gasteiger partial charge in [0.2, 0.25) is 10.0 Å². The molecule has 106 valence electrons. The smallest absolute Gasteiger partial charge is 0.211 e. The first-order valence-corrected chi connectivity index (χ1v) is 7.92. The van der Waals surface area contributed by atoms with E-state index in [4.69, 9.17) is 10.9 Å². The van der Waals surface area contributed by atoms with Crippen LogP contribution in [0.4, 0.5) is 0 Å². The third-order valence-corrected chi connectivity index (χ3v) is 4.39. The van der Waals surface area contributed by atoms with Gasteiger partial charge in [-0.15, -0.1) is 0 Å². The number of hydrogen-bond acceptors (Lipinski definition) is 5. The first-order valence-electron chi connectivity index (χ1n) is 6.07. The van der Waals surface area contributed by atoms with Crippen LogP contribution in [0, 0.1) is 0 Å². The monoisotopic (exact) mass is 278 g/mol. The first kappa shape index (κ1) is 15.2. The van der Waals surface area contributed by atoms with Gasteiger partial charge >= 0.3 is 0 Å². The maximum atomic E-state index is 11.3. The van der Waals surface area contributed by atoms with Crippen LogP contribution in [-0.2, 0) is 10.0 Å². The average molecular weight is 278 g/mol. The van der Waals surface area contributed by atoms with Gasteiger partial charge < -0.3 is 15.8 Å². The molecule has 0 atom stereocenters. The highest BCUT2D eigenvalue weighted by atomic mass is 32.2. The maximum Gasteiger partial charge on any atom is 0.211 e. The second-order valence-electron chi connectivity index (χ2n) is 4.55. The van der Waals surface area contributed by atoms with Crippen molar-refractivity contribution in [3.63, 3.8) is 0 Å². The molecule has 0 aromatic carbocycles. The number of unbranched alkanes of at least 4 members (excludes halogenated alkanes) is 1. The second kappa shape index (κ2) is 6.91. The molecule has 1 rings (SSSR count). The molecule has 0 saturated carbocycles. The molecule has 1 fully saturated rings. The number of sulfonamides is 1. The Balaban J connectivity index is 2.17. The molecule has 0 aromatic heterocycles. The fourth-order valence-corrected chi connectivity index (χ4v) is 2.80. The lowest BCUT2D eigenvalue weighted by molar-refractivity contribution is 0.186. The Morgan fingerprint density at radius 3 is 2.39 bits per heavy atom. The molecule has 0 bridgehead atoms. The van der Waals surface area contributed by atoms with E-state index in [-0.39, 0.29) is 5.84 Å². The van der Waals surface area contributed by atoms with Gasteiger partial charge in [0.05, 0.1) is 6.26 Å². The van der Waals surface area contributed by atoms with E-state index in [1.54, 1.807) is 0 Å². The van der Waals surface area contributed by atoms with Gasteiger partial charge in [-0.1, -0.05) is 5.16 Å². The molecule has 1 aliphatic rings. The van der Waals surface area contributed by atoms with Crippen molar-refractivity contribution in [2.75, 3.05) is 39.0 Å². The largest absolute Gasteiger partial charge is 0.409 e. The second-order valence-corrected chi connectivity index (χ2v) is 6.53. The zero-order chi connectivity index (χ0) is 13.6. The number of nitrogens with two attached hydrogens (primary N) is 1. The maximum absolute atomic E-state index is 11.3. The lowest BCUT2D eigenvalue weighted by atomic mass is 10.2. The number of amidine groups is 1. The van der Waals surface area contributed by atoms with E-state index >= 15 is 0 Å². The van der Waals surface area contributed by atoms with Gasteiger partial charge in [0, 0.05) is 32.6 Å². The predicted octanol–water partition coefficient (Wildman–Crippen LogP) is -0.520. The Kier molecular flexibility index (Phi) is 5.83. The van der Waals surface area contributed by atoms with E-state index < -0.39 is 10.0 Å². The molecule has 1 heterocycles. The third-order valence-electron chi connectivity index (χ3n) is 3.09. The van der Waals surface area contributed by atoms with E-state index in [1.165, 1.54) is 10.6 Å². The van der Waals surface area contributed by atoms with Crippen molar-refractivity contribution in [2.24, 2.45) is 10.9 Å². The van der Waals surface area contributed by atoms with Crippen LogP contribution in [0.3, 0.4) is 0 Å². The molecule has 0 radical (unpaired) electrons. The van der Waals surface area contributed by atoms with E-state index in [1.807, 2.05) is 0 Å². The van der Waals surface area contributed by atoms with Crippen LogP contribution < -0.4 is 5.73 Å². The zero-order valence-electron chi connectivity index (χ0n) is 10.7. The molecule has 0 aromatic rings. The Labute approximate surface area is 108 Å². The van der Waals surface area contributed by atoms with Crippen molar-refractivity contribution in [3.05, 3.63) is 0 Å². The van der Waals surface area contributed by atoms with Crippen LogP contribution in [-0.4, -0.2) is 67.6 Å². The number of hydrogen-bond donors (Lipinski definition) is 2. The molecule has 0 amide bonds. The van der Waals surface area contributed by atoms with Crippen molar-refractivity contribution in [1.82, 2.24) is 9.21 Å². The van der Waals surface area contributed by atoms with E-state index in [0.29, 0.717) is 19.5 Å². The summed E-state index contributed by atoms with van der Waals surface area (Å²) in [6, 6.07) is 0. The Bertz CT molecular complexity index is 375. The molecular formula is C10H22N4O3S. The van der Waals surface area contributed by atoms with Crippen molar-refractivity contribution in [2.45, 2.75) is 19.3 Å². The van der Waals surface area contributed by atoms with Gasteiger partial charge in [0.25, 0.3) is 0 Å². The van der Waals surface area contributed by atoms with E-state index in [9.17, 15) is 8.42 Å². The van der Waals surface area contributed by atoms with Crippen molar-refractivity contribution >= 4 is 15.9 Å². The zero-order valence-corrected chi connectivity index (χ0v) is 11.6. The van der Waals surface area contributed by atoms with E-state index in [0.717, 1.165) is 32.5 Å². The van der Waals surface area contributed by atoms with Crippen LogP contribution in [0.1, 0.15) is 19.3 Å².